The van der Waals surface area contributed by atoms with Gasteiger partial charge in [0.2, 0.25) is 0 Å². The minimum absolute atomic E-state index is 0.929. The first kappa shape index (κ1) is 16.3. The lowest BCUT2D eigenvalue weighted by Gasteiger charge is -2.08. The fourth-order valence-corrected chi connectivity index (χ4v) is 3.45. The number of hydrogen-bond acceptors (Lipinski definition) is 3. The second-order valence-corrected chi connectivity index (χ2v) is 6.64. The third-order valence-electron chi connectivity index (χ3n) is 4.90. The minimum Gasteiger partial charge on any atom is -0.264 e. The number of rotatable bonds is 3. The molecule has 0 N–H and O–H groups in total. The molecular formula is C25H17N3. The fourth-order valence-electron chi connectivity index (χ4n) is 3.45. The van der Waals surface area contributed by atoms with Crippen LogP contribution < -0.4 is 0 Å². The fraction of sp³-hybridized carbons (Fsp3) is 0. The lowest BCUT2D eigenvalue weighted by molar-refractivity contribution is 1.22. The van der Waals surface area contributed by atoms with E-state index in [1.165, 1.54) is 11.1 Å². The van der Waals surface area contributed by atoms with Crippen molar-refractivity contribution in [1.29, 1.82) is 0 Å². The molecule has 2 aromatic heterocycles. The Bertz CT molecular complexity index is 1230. The summed E-state index contributed by atoms with van der Waals surface area (Å²) < 4.78 is 0. The molecule has 5 aromatic rings. The maximum absolute atomic E-state index is 4.56. The van der Waals surface area contributed by atoms with E-state index in [-0.39, 0.29) is 0 Å². The molecule has 2 heterocycles. The van der Waals surface area contributed by atoms with E-state index in [2.05, 4.69) is 87.7 Å². The van der Waals surface area contributed by atoms with Gasteiger partial charge in [-0.15, -0.1) is 0 Å². The SMILES string of the molecule is c1ccc(-c2ccc(-c3ncnc4cc(-c5cccnc5)ccc34)cc2)cc1. The summed E-state index contributed by atoms with van der Waals surface area (Å²) in [6.07, 6.45) is 5.28. The van der Waals surface area contributed by atoms with Gasteiger partial charge in [0.05, 0.1) is 11.2 Å². The molecule has 0 bridgehead atoms. The van der Waals surface area contributed by atoms with Crippen LogP contribution in [0.3, 0.4) is 0 Å². The van der Waals surface area contributed by atoms with Crippen molar-refractivity contribution in [3.8, 4) is 33.5 Å². The number of hydrogen-bond donors (Lipinski definition) is 0. The largest absolute Gasteiger partial charge is 0.264 e. The average Bonchev–Trinajstić information content (AvgIpc) is 2.79. The van der Waals surface area contributed by atoms with Crippen molar-refractivity contribution >= 4 is 10.9 Å². The molecule has 0 aliphatic heterocycles. The van der Waals surface area contributed by atoms with Crippen molar-refractivity contribution in [2.24, 2.45) is 0 Å². The summed E-state index contributed by atoms with van der Waals surface area (Å²) in [5, 5.41) is 1.04. The lowest BCUT2D eigenvalue weighted by atomic mass is 9.99. The van der Waals surface area contributed by atoms with Crippen LogP contribution in [0.1, 0.15) is 0 Å². The number of nitrogens with zero attached hydrogens (tertiary/aromatic N) is 3. The van der Waals surface area contributed by atoms with E-state index in [1.54, 1.807) is 12.5 Å². The Kier molecular flexibility index (Phi) is 4.11. The van der Waals surface area contributed by atoms with E-state index in [0.29, 0.717) is 0 Å². The van der Waals surface area contributed by atoms with E-state index in [1.807, 2.05) is 18.3 Å². The van der Waals surface area contributed by atoms with Crippen molar-refractivity contribution in [3.63, 3.8) is 0 Å². The van der Waals surface area contributed by atoms with Crippen molar-refractivity contribution in [3.05, 3.63) is 104 Å². The monoisotopic (exact) mass is 359 g/mol. The van der Waals surface area contributed by atoms with Crippen molar-refractivity contribution in [2.75, 3.05) is 0 Å². The van der Waals surface area contributed by atoms with Crippen molar-refractivity contribution in [2.45, 2.75) is 0 Å². The number of fused-ring (bicyclic) bond motifs is 1. The van der Waals surface area contributed by atoms with Crippen LogP contribution in [-0.4, -0.2) is 15.0 Å². The Morgan fingerprint density at radius 2 is 1.25 bits per heavy atom. The zero-order valence-electron chi connectivity index (χ0n) is 15.2. The first-order valence-corrected chi connectivity index (χ1v) is 9.19. The molecule has 0 fully saturated rings. The molecule has 0 atom stereocenters. The zero-order chi connectivity index (χ0) is 18.8. The van der Waals surface area contributed by atoms with Gasteiger partial charge in [-0.25, -0.2) is 9.97 Å². The summed E-state index contributed by atoms with van der Waals surface area (Å²) in [4.78, 5) is 13.3. The van der Waals surface area contributed by atoms with Crippen LogP contribution in [0.15, 0.2) is 104 Å². The third-order valence-corrected chi connectivity index (χ3v) is 4.90. The molecule has 0 spiro atoms. The summed E-state index contributed by atoms with van der Waals surface area (Å²) >= 11 is 0. The normalized spacial score (nSPS) is 10.9. The molecule has 28 heavy (non-hydrogen) atoms. The number of pyridine rings is 1. The van der Waals surface area contributed by atoms with Crippen LogP contribution in [0.2, 0.25) is 0 Å². The van der Waals surface area contributed by atoms with E-state index in [4.69, 9.17) is 0 Å². The molecule has 0 aliphatic carbocycles. The van der Waals surface area contributed by atoms with Crippen LogP contribution in [0.25, 0.3) is 44.4 Å². The van der Waals surface area contributed by atoms with Crippen LogP contribution in [0.5, 0.6) is 0 Å². The highest BCUT2D eigenvalue weighted by atomic mass is 14.8. The zero-order valence-corrected chi connectivity index (χ0v) is 15.2. The highest BCUT2D eigenvalue weighted by molar-refractivity contribution is 5.94. The second-order valence-electron chi connectivity index (χ2n) is 6.64. The summed E-state index contributed by atoms with van der Waals surface area (Å²) in [7, 11) is 0. The molecule has 0 amide bonds. The maximum Gasteiger partial charge on any atom is 0.116 e. The van der Waals surface area contributed by atoms with Gasteiger partial charge in [-0.3, -0.25) is 4.98 Å². The Balaban J connectivity index is 1.56. The van der Waals surface area contributed by atoms with Crippen LogP contribution in [0.4, 0.5) is 0 Å². The molecule has 3 nitrogen and oxygen atoms in total. The van der Waals surface area contributed by atoms with E-state index >= 15 is 0 Å². The summed E-state index contributed by atoms with van der Waals surface area (Å²) in [6, 6.07) is 29.2. The molecular weight excluding hydrogens is 342 g/mol. The summed E-state index contributed by atoms with van der Waals surface area (Å²) in [6.45, 7) is 0. The molecule has 0 saturated carbocycles. The van der Waals surface area contributed by atoms with Gasteiger partial charge >= 0.3 is 0 Å². The molecule has 0 aliphatic rings. The first-order valence-electron chi connectivity index (χ1n) is 9.19. The van der Waals surface area contributed by atoms with Gasteiger partial charge < -0.3 is 0 Å². The predicted molar refractivity (Wildman–Crippen MR) is 114 cm³/mol. The number of aromatic nitrogens is 3. The lowest BCUT2D eigenvalue weighted by Crippen LogP contribution is -1.90. The van der Waals surface area contributed by atoms with Crippen LogP contribution in [-0.2, 0) is 0 Å². The molecule has 132 valence electrons. The van der Waals surface area contributed by atoms with Gasteiger partial charge in [-0.05, 0) is 34.9 Å². The van der Waals surface area contributed by atoms with E-state index in [0.717, 1.165) is 33.3 Å². The summed E-state index contributed by atoms with van der Waals surface area (Å²) in [5.41, 5.74) is 7.55. The summed E-state index contributed by atoms with van der Waals surface area (Å²) in [5.74, 6) is 0. The van der Waals surface area contributed by atoms with E-state index in [9.17, 15) is 0 Å². The van der Waals surface area contributed by atoms with Gasteiger partial charge in [0.25, 0.3) is 0 Å². The van der Waals surface area contributed by atoms with Gasteiger partial charge in [0.15, 0.2) is 0 Å². The molecule has 0 unspecified atom stereocenters. The Hall–Kier alpha value is -3.85. The van der Waals surface area contributed by atoms with Gasteiger partial charge in [-0.1, -0.05) is 66.7 Å². The Morgan fingerprint density at radius 1 is 0.536 bits per heavy atom. The molecule has 3 aromatic carbocycles. The quantitative estimate of drug-likeness (QED) is 0.395. The smallest absolute Gasteiger partial charge is 0.116 e. The Morgan fingerprint density at radius 3 is 2.04 bits per heavy atom. The third kappa shape index (κ3) is 3.03. The first-order chi connectivity index (χ1) is 13.9. The minimum atomic E-state index is 0.929. The Labute approximate surface area is 163 Å². The molecule has 3 heteroatoms. The highest BCUT2D eigenvalue weighted by Gasteiger charge is 2.08. The van der Waals surface area contributed by atoms with Gasteiger partial charge in [-0.2, -0.15) is 0 Å². The standard InChI is InChI=1S/C25H17N3/c1-2-5-18(6-3-1)19-8-10-20(11-9-19)25-23-13-12-21(15-24(23)27-17-28-25)22-7-4-14-26-16-22/h1-17H. The predicted octanol–water partition coefficient (Wildman–Crippen LogP) is 6.03. The van der Waals surface area contributed by atoms with Crippen molar-refractivity contribution in [1.82, 2.24) is 15.0 Å². The highest BCUT2D eigenvalue weighted by Crippen LogP contribution is 2.30. The van der Waals surface area contributed by atoms with E-state index < -0.39 is 0 Å². The molecule has 5 rings (SSSR count). The topological polar surface area (TPSA) is 38.7 Å². The van der Waals surface area contributed by atoms with Gasteiger partial charge in [0, 0.05) is 28.9 Å². The average molecular weight is 359 g/mol. The van der Waals surface area contributed by atoms with Crippen LogP contribution in [0, 0.1) is 0 Å². The number of benzene rings is 3. The second kappa shape index (κ2) is 7.05. The molecule has 0 saturated heterocycles. The maximum atomic E-state index is 4.56. The van der Waals surface area contributed by atoms with Crippen LogP contribution >= 0.6 is 0 Å². The molecule has 0 radical (unpaired) electrons. The van der Waals surface area contributed by atoms with Crippen molar-refractivity contribution < 1.29 is 0 Å². The van der Waals surface area contributed by atoms with Gasteiger partial charge in [0.1, 0.15) is 6.33 Å².